The topological polar surface area (TPSA) is 15.3 Å². The van der Waals surface area contributed by atoms with Gasteiger partial charge in [0.05, 0.1) is 0 Å². The van der Waals surface area contributed by atoms with E-state index >= 15 is 0 Å². The zero-order chi connectivity index (χ0) is 7.56. The molecule has 1 aliphatic rings. The van der Waals surface area contributed by atoms with Crippen LogP contribution in [0.1, 0.15) is 0 Å². The lowest BCUT2D eigenvalue weighted by molar-refractivity contribution is 0.318. The van der Waals surface area contributed by atoms with Crippen LogP contribution < -0.4 is 5.32 Å². The SMILES string of the molecule is CS[C@H]1CNC[C@@H]1N(C)C. The van der Waals surface area contributed by atoms with Gasteiger partial charge >= 0.3 is 0 Å². The predicted octanol–water partition coefficient (Wildman–Crippen LogP) is 0.251. The Kier molecular flexibility index (Phi) is 3.01. The van der Waals surface area contributed by atoms with E-state index in [-0.39, 0.29) is 0 Å². The van der Waals surface area contributed by atoms with E-state index in [2.05, 4.69) is 30.6 Å². The fourth-order valence-corrected chi connectivity index (χ4v) is 2.33. The van der Waals surface area contributed by atoms with Crippen molar-refractivity contribution < 1.29 is 0 Å². The molecule has 0 aliphatic carbocycles. The van der Waals surface area contributed by atoms with Crippen molar-refractivity contribution in [1.82, 2.24) is 10.2 Å². The van der Waals surface area contributed by atoms with E-state index < -0.39 is 0 Å². The molecular weight excluding hydrogens is 144 g/mol. The Morgan fingerprint density at radius 2 is 2.10 bits per heavy atom. The second-order valence-corrected chi connectivity index (χ2v) is 4.04. The Morgan fingerprint density at radius 1 is 1.40 bits per heavy atom. The van der Waals surface area contributed by atoms with Crippen LogP contribution in [0.25, 0.3) is 0 Å². The van der Waals surface area contributed by atoms with Gasteiger partial charge in [-0.25, -0.2) is 0 Å². The van der Waals surface area contributed by atoms with Crippen LogP contribution in [-0.2, 0) is 0 Å². The van der Waals surface area contributed by atoms with Crippen molar-refractivity contribution in [2.75, 3.05) is 33.4 Å². The van der Waals surface area contributed by atoms with Gasteiger partial charge in [-0.3, -0.25) is 0 Å². The molecule has 1 rings (SSSR count). The summed E-state index contributed by atoms with van der Waals surface area (Å²) in [6.07, 6.45) is 2.19. The molecule has 3 heteroatoms. The third-order valence-corrected chi connectivity index (χ3v) is 3.18. The minimum absolute atomic E-state index is 0.731. The lowest BCUT2D eigenvalue weighted by Crippen LogP contribution is -2.36. The maximum Gasteiger partial charge on any atom is 0.0345 e. The van der Waals surface area contributed by atoms with Gasteiger partial charge in [0.1, 0.15) is 0 Å². The van der Waals surface area contributed by atoms with Crippen molar-refractivity contribution in [3.8, 4) is 0 Å². The number of nitrogens with one attached hydrogen (secondary N) is 1. The first-order valence-electron chi connectivity index (χ1n) is 3.65. The summed E-state index contributed by atoms with van der Waals surface area (Å²) in [6.45, 7) is 2.32. The molecule has 0 aromatic heterocycles. The molecule has 2 atom stereocenters. The van der Waals surface area contributed by atoms with Gasteiger partial charge in [-0.05, 0) is 20.4 Å². The minimum Gasteiger partial charge on any atom is -0.314 e. The number of thioether (sulfide) groups is 1. The molecule has 0 radical (unpaired) electrons. The highest BCUT2D eigenvalue weighted by Crippen LogP contribution is 2.17. The first kappa shape index (κ1) is 8.37. The molecule has 1 aliphatic heterocycles. The average molecular weight is 160 g/mol. The Labute approximate surface area is 67.4 Å². The van der Waals surface area contributed by atoms with Crippen LogP contribution in [0.2, 0.25) is 0 Å². The van der Waals surface area contributed by atoms with Crippen LogP contribution in [0.4, 0.5) is 0 Å². The van der Waals surface area contributed by atoms with Gasteiger partial charge in [-0.2, -0.15) is 11.8 Å². The molecule has 0 aromatic rings. The molecule has 1 saturated heterocycles. The molecule has 0 saturated carbocycles. The van der Waals surface area contributed by atoms with Crippen molar-refractivity contribution in [3.63, 3.8) is 0 Å². The third kappa shape index (κ3) is 1.65. The fraction of sp³-hybridized carbons (Fsp3) is 1.00. The molecule has 0 bridgehead atoms. The van der Waals surface area contributed by atoms with E-state index in [1.54, 1.807) is 0 Å². The van der Waals surface area contributed by atoms with Crippen molar-refractivity contribution in [3.05, 3.63) is 0 Å². The van der Waals surface area contributed by atoms with Crippen molar-refractivity contribution >= 4 is 11.8 Å². The molecule has 2 nitrogen and oxygen atoms in total. The quantitative estimate of drug-likeness (QED) is 0.623. The summed E-state index contributed by atoms with van der Waals surface area (Å²) in [7, 11) is 4.31. The Balaban J connectivity index is 2.42. The molecular formula is C7H16N2S. The lowest BCUT2D eigenvalue weighted by Gasteiger charge is -2.23. The fourth-order valence-electron chi connectivity index (χ4n) is 1.40. The summed E-state index contributed by atoms with van der Waals surface area (Å²) in [4.78, 5) is 2.31. The second-order valence-electron chi connectivity index (χ2n) is 2.96. The van der Waals surface area contributed by atoms with Gasteiger partial charge in [0.15, 0.2) is 0 Å². The standard InChI is InChI=1S/C7H16N2S/c1-9(2)6-4-8-5-7(6)10-3/h6-8H,4-5H2,1-3H3/t6-,7-/m0/s1. The predicted molar refractivity (Wildman–Crippen MR) is 47.6 cm³/mol. The molecule has 1 N–H and O–H groups in total. The molecule has 60 valence electrons. The number of hydrogen-bond donors (Lipinski definition) is 1. The van der Waals surface area contributed by atoms with Crippen LogP contribution >= 0.6 is 11.8 Å². The molecule has 0 unspecified atom stereocenters. The molecule has 0 amide bonds. The zero-order valence-corrected chi connectivity index (χ0v) is 7.74. The lowest BCUT2D eigenvalue weighted by atomic mass is 10.2. The normalized spacial score (nSPS) is 33.6. The van der Waals surface area contributed by atoms with Gasteiger partial charge in [-0.15, -0.1) is 0 Å². The van der Waals surface area contributed by atoms with Crippen molar-refractivity contribution in [2.45, 2.75) is 11.3 Å². The average Bonchev–Trinajstić information content (AvgIpc) is 2.33. The summed E-state index contributed by atoms with van der Waals surface area (Å²) in [5, 5.41) is 4.18. The van der Waals surface area contributed by atoms with Gasteiger partial charge < -0.3 is 10.2 Å². The highest BCUT2D eigenvalue weighted by atomic mass is 32.2. The number of nitrogens with zero attached hydrogens (tertiary/aromatic N) is 1. The minimum atomic E-state index is 0.731. The van der Waals surface area contributed by atoms with E-state index in [1.807, 2.05) is 11.8 Å². The summed E-state index contributed by atoms with van der Waals surface area (Å²) in [5.74, 6) is 0. The van der Waals surface area contributed by atoms with Crippen molar-refractivity contribution in [1.29, 1.82) is 0 Å². The van der Waals surface area contributed by atoms with E-state index in [0.717, 1.165) is 17.8 Å². The second kappa shape index (κ2) is 3.60. The summed E-state index contributed by atoms with van der Waals surface area (Å²) in [5.41, 5.74) is 0. The molecule has 0 aromatic carbocycles. The maximum absolute atomic E-state index is 3.39. The van der Waals surface area contributed by atoms with Crippen LogP contribution in [0, 0.1) is 0 Å². The highest BCUT2D eigenvalue weighted by molar-refractivity contribution is 7.99. The highest BCUT2D eigenvalue weighted by Gasteiger charge is 2.27. The molecule has 1 heterocycles. The monoisotopic (exact) mass is 160 g/mol. The van der Waals surface area contributed by atoms with Gasteiger partial charge in [0, 0.05) is 24.4 Å². The van der Waals surface area contributed by atoms with Crippen molar-refractivity contribution in [2.24, 2.45) is 0 Å². The Hall–Kier alpha value is 0.270. The molecule has 1 fully saturated rings. The van der Waals surface area contributed by atoms with E-state index in [1.165, 1.54) is 6.54 Å². The molecule has 0 spiro atoms. The smallest absolute Gasteiger partial charge is 0.0345 e. The van der Waals surface area contributed by atoms with E-state index in [0.29, 0.717) is 0 Å². The van der Waals surface area contributed by atoms with Gasteiger partial charge in [0.2, 0.25) is 0 Å². The Morgan fingerprint density at radius 3 is 2.50 bits per heavy atom. The van der Waals surface area contributed by atoms with Crippen LogP contribution in [0.5, 0.6) is 0 Å². The third-order valence-electron chi connectivity index (χ3n) is 2.09. The van der Waals surface area contributed by atoms with E-state index in [4.69, 9.17) is 0 Å². The largest absolute Gasteiger partial charge is 0.314 e. The summed E-state index contributed by atoms with van der Waals surface area (Å²) >= 11 is 1.96. The first-order valence-corrected chi connectivity index (χ1v) is 4.94. The van der Waals surface area contributed by atoms with Gasteiger partial charge in [-0.1, -0.05) is 0 Å². The van der Waals surface area contributed by atoms with E-state index in [9.17, 15) is 0 Å². The van der Waals surface area contributed by atoms with Crippen LogP contribution in [0.15, 0.2) is 0 Å². The Bertz CT molecular complexity index is 106. The first-order chi connectivity index (χ1) is 4.75. The van der Waals surface area contributed by atoms with Gasteiger partial charge in [0.25, 0.3) is 0 Å². The number of rotatable bonds is 2. The number of hydrogen-bond acceptors (Lipinski definition) is 3. The summed E-state index contributed by atoms with van der Waals surface area (Å²) in [6, 6.07) is 0.731. The van der Waals surface area contributed by atoms with Crippen LogP contribution in [0.3, 0.4) is 0 Å². The molecule has 10 heavy (non-hydrogen) atoms. The van der Waals surface area contributed by atoms with Crippen LogP contribution in [-0.4, -0.2) is 49.6 Å². The zero-order valence-electron chi connectivity index (χ0n) is 6.92. The maximum atomic E-state index is 3.39. The summed E-state index contributed by atoms with van der Waals surface area (Å²) < 4.78 is 0. The number of likely N-dealkylation sites (N-methyl/N-ethyl adjacent to an activating group) is 1.